The molecule has 2 N–H and O–H groups in total. The number of halogens is 1. The van der Waals surface area contributed by atoms with Gasteiger partial charge in [-0.1, -0.05) is 35.0 Å². The number of benzene rings is 1. The number of nitrogen functional groups attached to an aromatic ring is 1. The Morgan fingerprint density at radius 3 is 2.56 bits per heavy atom. The van der Waals surface area contributed by atoms with Gasteiger partial charge in [-0.25, -0.2) is 4.98 Å². The molecule has 0 bridgehead atoms. The van der Waals surface area contributed by atoms with Crippen molar-refractivity contribution in [3.63, 3.8) is 0 Å². The standard InChI is InChI=1S/C21H17ClN4O/c22-16-4-1-3-14(9-16)10-17-7-6-15(13-25-17)11-18-12-20(27-26-18)19-5-2-8-24-21(19)23/h1-9,12-13H,10-11H2,(H2,23,24). The normalized spacial score (nSPS) is 10.9. The number of hydrogen-bond donors (Lipinski definition) is 1. The summed E-state index contributed by atoms with van der Waals surface area (Å²) in [5, 5.41) is 4.86. The average molecular weight is 377 g/mol. The third kappa shape index (κ3) is 4.15. The van der Waals surface area contributed by atoms with Gasteiger partial charge in [0.15, 0.2) is 5.76 Å². The molecule has 0 radical (unpaired) electrons. The van der Waals surface area contributed by atoms with E-state index in [-0.39, 0.29) is 0 Å². The number of nitrogens with zero attached hydrogens (tertiary/aromatic N) is 3. The van der Waals surface area contributed by atoms with Gasteiger partial charge in [-0.05, 0) is 41.5 Å². The maximum atomic E-state index is 6.03. The molecule has 0 saturated carbocycles. The second-order valence-corrected chi connectivity index (χ2v) is 6.70. The molecule has 0 aliphatic heterocycles. The highest BCUT2D eigenvalue weighted by atomic mass is 35.5. The van der Waals surface area contributed by atoms with Crippen LogP contribution < -0.4 is 5.73 Å². The summed E-state index contributed by atoms with van der Waals surface area (Å²) in [5.74, 6) is 1.04. The molecule has 5 nitrogen and oxygen atoms in total. The molecular weight excluding hydrogens is 360 g/mol. The fraction of sp³-hybridized carbons (Fsp3) is 0.0952. The molecular formula is C21H17ClN4O. The van der Waals surface area contributed by atoms with Crippen molar-refractivity contribution in [2.75, 3.05) is 5.73 Å². The Bertz CT molecular complexity index is 1060. The monoisotopic (exact) mass is 376 g/mol. The van der Waals surface area contributed by atoms with Crippen LogP contribution in [-0.4, -0.2) is 15.1 Å². The predicted octanol–water partition coefficient (Wildman–Crippen LogP) is 4.55. The molecule has 0 saturated heterocycles. The number of aromatic nitrogens is 3. The smallest absolute Gasteiger partial charge is 0.170 e. The summed E-state index contributed by atoms with van der Waals surface area (Å²) in [5.41, 5.74) is 10.6. The van der Waals surface area contributed by atoms with Crippen molar-refractivity contribution in [3.8, 4) is 11.3 Å². The number of anilines is 1. The van der Waals surface area contributed by atoms with Gasteiger partial charge in [0.25, 0.3) is 0 Å². The highest BCUT2D eigenvalue weighted by Crippen LogP contribution is 2.25. The maximum Gasteiger partial charge on any atom is 0.170 e. The molecule has 0 atom stereocenters. The first kappa shape index (κ1) is 17.2. The second kappa shape index (κ2) is 7.60. The van der Waals surface area contributed by atoms with E-state index in [4.69, 9.17) is 21.9 Å². The van der Waals surface area contributed by atoms with Crippen molar-refractivity contribution in [2.45, 2.75) is 12.8 Å². The minimum Gasteiger partial charge on any atom is -0.383 e. The predicted molar refractivity (Wildman–Crippen MR) is 105 cm³/mol. The van der Waals surface area contributed by atoms with E-state index in [0.29, 0.717) is 18.0 Å². The first-order chi connectivity index (χ1) is 13.2. The summed E-state index contributed by atoms with van der Waals surface area (Å²) in [7, 11) is 0. The first-order valence-electron chi connectivity index (χ1n) is 8.52. The van der Waals surface area contributed by atoms with Crippen molar-refractivity contribution in [1.82, 2.24) is 15.1 Å². The Morgan fingerprint density at radius 2 is 1.78 bits per heavy atom. The van der Waals surface area contributed by atoms with Crippen molar-refractivity contribution in [2.24, 2.45) is 0 Å². The maximum absolute atomic E-state index is 6.03. The van der Waals surface area contributed by atoms with Crippen LogP contribution in [0.25, 0.3) is 11.3 Å². The summed E-state index contributed by atoms with van der Waals surface area (Å²) in [6, 6.07) is 17.5. The molecule has 134 valence electrons. The molecule has 27 heavy (non-hydrogen) atoms. The summed E-state index contributed by atoms with van der Waals surface area (Å²) in [6.45, 7) is 0. The Kier molecular flexibility index (Phi) is 4.85. The molecule has 0 spiro atoms. The summed E-state index contributed by atoms with van der Waals surface area (Å²) < 4.78 is 5.41. The van der Waals surface area contributed by atoms with Crippen LogP contribution in [0.15, 0.2) is 71.5 Å². The van der Waals surface area contributed by atoms with E-state index in [1.807, 2.05) is 54.7 Å². The zero-order chi connectivity index (χ0) is 18.6. The highest BCUT2D eigenvalue weighted by molar-refractivity contribution is 6.30. The molecule has 0 amide bonds. The van der Waals surface area contributed by atoms with E-state index in [1.54, 1.807) is 6.20 Å². The third-order valence-corrected chi connectivity index (χ3v) is 4.44. The van der Waals surface area contributed by atoms with E-state index in [9.17, 15) is 0 Å². The first-order valence-corrected chi connectivity index (χ1v) is 8.90. The van der Waals surface area contributed by atoms with Crippen molar-refractivity contribution in [3.05, 3.63) is 94.5 Å². The summed E-state index contributed by atoms with van der Waals surface area (Å²) in [6.07, 6.45) is 4.89. The minimum absolute atomic E-state index is 0.423. The molecule has 3 heterocycles. The summed E-state index contributed by atoms with van der Waals surface area (Å²) in [4.78, 5) is 8.62. The van der Waals surface area contributed by atoms with Gasteiger partial charge in [-0.2, -0.15) is 0 Å². The molecule has 0 fully saturated rings. The molecule has 1 aromatic carbocycles. The van der Waals surface area contributed by atoms with Crippen LogP contribution in [0.4, 0.5) is 5.82 Å². The van der Waals surface area contributed by atoms with Crippen LogP contribution in [-0.2, 0) is 12.8 Å². The van der Waals surface area contributed by atoms with E-state index >= 15 is 0 Å². The van der Waals surface area contributed by atoms with E-state index in [0.717, 1.165) is 39.5 Å². The fourth-order valence-electron chi connectivity index (χ4n) is 2.88. The molecule has 0 aliphatic carbocycles. The van der Waals surface area contributed by atoms with Gasteiger partial charge in [0, 0.05) is 42.0 Å². The number of nitrogens with two attached hydrogens (primary N) is 1. The third-order valence-electron chi connectivity index (χ3n) is 4.21. The quantitative estimate of drug-likeness (QED) is 0.552. The number of rotatable bonds is 5. The lowest BCUT2D eigenvalue weighted by Crippen LogP contribution is -1.95. The molecule has 3 aromatic heterocycles. The Balaban J connectivity index is 1.45. The van der Waals surface area contributed by atoms with Gasteiger partial charge in [-0.15, -0.1) is 0 Å². The van der Waals surface area contributed by atoms with E-state index in [2.05, 4.69) is 21.2 Å². The van der Waals surface area contributed by atoms with Crippen LogP contribution in [0, 0.1) is 0 Å². The topological polar surface area (TPSA) is 77.8 Å². The zero-order valence-corrected chi connectivity index (χ0v) is 15.2. The summed E-state index contributed by atoms with van der Waals surface area (Å²) >= 11 is 6.03. The highest BCUT2D eigenvalue weighted by Gasteiger charge is 2.11. The molecule has 0 aliphatic rings. The van der Waals surface area contributed by atoms with Gasteiger partial charge in [0.1, 0.15) is 5.82 Å². The van der Waals surface area contributed by atoms with Crippen LogP contribution in [0.1, 0.15) is 22.5 Å². The Hall–Kier alpha value is -3.18. The molecule has 4 rings (SSSR count). The average Bonchev–Trinajstić information content (AvgIpc) is 3.12. The van der Waals surface area contributed by atoms with Gasteiger partial charge in [0.05, 0.1) is 11.3 Å². The zero-order valence-electron chi connectivity index (χ0n) is 14.5. The SMILES string of the molecule is Nc1ncccc1-c1cc(Cc2ccc(Cc3cccc(Cl)c3)nc2)no1. The van der Waals surface area contributed by atoms with Crippen molar-refractivity contribution in [1.29, 1.82) is 0 Å². The van der Waals surface area contributed by atoms with Crippen LogP contribution in [0.2, 0.25) is 5.02 Å². The van der Waals surface area contributed by atoms with E-state index < -0.39 is 0 Å². The van der Waals surface area contributed by atoms with Crippen LogP contribution in [0.5, 0.6) is 0 Å². The lowest BCUT2D eigenvalue weighted by Gasteiger charge is -2.03. The molecule has 6 heteroatoms. The van der Waals surface area contributed by atoms with Gasteiger partial charge >= 0.3 is 0 Å². The molecule has 0 unspecified atom stereocenters. The van der Waals surface area contributed by atoms with Gasteiger partial charge in [0.2, 0.25) is 0 Å². The molecule has 4 aromatic rings. The fourth-order valence-corrected chi connectivity index (χ4v) is 3.09. The lowest BCUT2D eigenvalue weighted by molar-refractivity contribution is 0.425. The van der Waals surface area contributed by atoms with Gasteiger partial charge in [-0.3, -0.25) is 4.98 Å². The minimum atomic E-state index is 0.423. The largest absolute Gasteiger partial charge is 0.383 e. The lowest BCUT2D eigenvalue weighted by atomic mass is 10.1. The number of pyridine rings is 2. The van der Waals surface area contributed by atoms with Crippen LogP contribution >= 0.6 is 11.6 Å². The number of hydrogen-bond acceptors (Lipinski definition) is 5. The van der Waals surface area contributed by atoms with Crippen molar-refractivity contribution >= 4 is 17.4 Å². The van der Waals surface area contributed by atoms with Gasteiger partial charge < -0.3 is 10.3 Å². The Morgan fingerprint density at radius 1 is 0.889 bits per heavy atom. The second-order valence-electron chi connectivity index (χ2n) is 6.26. The van der Waals surface area contributed by atoms with Crippen LogP contribution in [0.3, 0.4) is 0 Å². The van der Waals surface area contributed by atoms with E-state index in [1.165, 1.54) is 0 Å². The van der Waals surface area contributed by atoms with Crippen molar-refractivity contribution < 1.29 is 4.52 Å². The Labute approximate surface area is 161 Å².